The number of fused-ring (bicyclic) bond motifs is 1. The maximum Gasteiger partial charge on any atom is 0.271 e. The summed E-state index contributed by atoms with van der Waals surface area (Å²) in [5, 5.41) is 3.91. The number of rotatable bonds is 6. The second-order valence-electron chi connectivity index (χ2n) is 6.18. The molecule has 4 nitrogen and oxygen atoms in total. The van der Waals surface area contributed by atoms with Crippen LogP contribution in [-0.2, 0) is 5.75 Å². The molecule has 3 aromatic carbocycles. The first-order valence-electron chi connectivity index (χ1n) is 8.84. The normalized spacial score (nSPS) is 11.2. The average molecular weight is 422 g/mol. The number of para-hydroxylation sites is 1. The van der Waals surface area contributed by atoms with Crippen molar-refractivity contribution in [3.05, 3.63) is 95.3 Å². The SMILES string of the molecule is O=C(NN=Cc1ccc(F)cc1)c1ccc(CSc2nc3ccccc3s2)cc1. The number of nitrogens with one attached hydrogen (secondary N) is 1. The molecule has 144 valence electrons. The number of benzene rings is 3. The van der Waals surface area contributed by atoms with Crippen LogP contribution in [0.15, 0.2) is 82.2 Å². The zero-order chi connectivity index (χ0) is 20.1. The molecule has 0 atom stereocenters. The van der Waals surface area contributed by atoms with Gasteiger partial charge in [0.25, 0.3) is 5.91 Å². The molecule has 0 saturated carbocycles. The van der Waals surface area contributed by atoms with E-state index in [1.54, 1.807) is 47.4 Å². The fraction of sp³-hybridized carbons (Fsp3) is 0.0455. The monoisotopic (exact) mass is 421 g/mol. The summed E-state index contributed by atoms with van der Waals surface area (Å²) in [6.07, 6.45) is 1.47. The summed E-state index contributed by atoms with van der Waals surface area (Å²) in [6, 6.07) is 21.4. The zero-order valence-corrected chi connectivity index (χ0v) is 16.8. The predicted molar refractivity (Wildman–Crippen MR) is 117 cm³/mol. The van der Waals surface area contributed by atoms with E-state index in [4.69, 9.17) is 0 Å². The van der Waals surface area contributed by atoms with Gasteiger partial charge in [-0.05, 0) is 47.5 Å². The third kappa shape index (κ3) is 5.07. The summed E-state index contributed by atoms with van der Waals surface area (Å²) in [7, 11) is 0. The molecule has 4 rings (SSSR count). The van der Waals surface area contributed by atoms with Gasteiger partial charge in [0.1, 0.15) is 5.82 Å². The summed E-state index contributed by atoms with van der Waals surface area (Å²) in [5.74, 6) is 0.172. The minimum Gasteiger partial charge on any atom is -0.267 e. The lowest BCUT2D eigenvalue weighted by molar-refractivity contribution is 0.0955. The van der Waals surface area contributed by atoms with Gasteiger partial charge in [-0.25, -0.2) is 14.8 Å². The lowest BCUT2D eigenvalue weighted by atomic mass is 10.1. The van der Waals surface area contributed by atoms with E-state index in [0.29, 0.717) is 11.1 Å². The molecular weight excluding hydrogens is 405 g/mol. The Morgan fingerprint density at radius 2 is 1.83 bits per heavy atom. The van der Waals surface area contributed by atoms with Gasteiger partial charge in [0.2, 0.25) is 0 Å². The van der Waals surface area contributed by atoms with Crippen LogP contribution in [0.2, 0.25) is 0 Å². The highest BCUT2D eigenvalue weighted by molar-refractivity contribution is 8.00. The number of thioether (sulfide) groups is 1. The number of carbonyl (C=O) groups excluding carboxylic acids is 1. The molecule has 7 heteroatoms. The lowest BCUT2D eigenvalue weighted by Gasteiger charge is -2.03. The molecule has 4 aromatic rings. The molecule has 0 spiro atoms. The standard InChI is InChI=1S/C22H16FN3OS2/c23-18-11-7-15(8-12-18)13-24-26-21(27)17-9-5-16(6-10-17)14-28-22-25-19-3-1-2-4-20(19)29-22/h1-13H,14H2,(H,26,27). The number of halogens is 1. The van der Waals surface area contributed by atoms with Crippen molar-refractivity contribution >= 4 is 45.4 Å². The van der Waals surface area contributed by atoms with Crippen LogP contribution in [0, 0.1) is 5.82 Å². The molecule has 0 radical (unpaired) electrons. The molecule has 1 aromatic heterocycles. The topological polar surface area (TPSA) is 54.4 Å². The van der Waals surface area contributed by atoms with E-state index >= 15 is 0 Å². The summed E-state index contributed by atoms with van der Waals surface area (Å²) in [4.78, 5) is 16.8. The molecule has 29 heavy (non-hydrogen) atoms. The fourth-order valence-corrected chi connectivity index (χ4v) is 4.61. The van der Waals surface area contributed by atoms with Gasteiger partial charge < -0.3 is 0 Å². The molecule has 1 amide bonds. The third-order valence-electron chi connectivity index (χ3n) is 4.10. The van der Waals surface area contributed by atoms with Gasteiger partial charge in [0.15, 0.2) is 4.34 Å². The number of hydrazone groups is 1. The number of hydrogen-bond donors (Lipinski definition) is 1. The van der Waals surface area contributed by atoms with E-state index in [-0.39, 0.29) is 11.7 Å². The minimum atomic E-state index is -0.312. The van der Waals surface area contributed by atoms with E-state index in [2.05, 4.69) is 21.6 Å². The van der Waals surface area contributed by atoms with Gasteiger partial charge in [0, 0.05) is 11.3 Å². The second kappa shape index (κ2) is 8.98. The van der Waals surface area contributed by atoms with Crippen LogP contribution in [0.1, 0.15) is 21.5 Å². The summed E-state index contributed by atoms with van der Waals surface area (Å²) < 4.78 is 15.1. The predicted octanol–water partition coefficient (Wildman–Crippen LogP) is 5.49. The van der Waals surface area contributed by atoms with Gasteiger partial charge >= 0.3 is 0 Å². The van der Waals surface area contributed by atoms with Gasteiger partial charge in [-0.3, -0.25) is 4.79 Å². The molecule has 0 saturated heterocycles. The summed E-state index contributed by atoms with van der Waals surface area (Å²) in [5.41, 5.74) is 5.84. The van der Waals surface area contributed by atoms with Gasteiger partial charge in [0.05, 0.1) is 16.4 Å². The number of thiazole rings is 1. The largest absolute Gasteiger partial charge is 0.271 e. The fourth-order valence-electron chi connectivity index (χ4n) is 2.59. The highest BCUT2D eigenvalue weighted by Crippen LogP contribution is 2.31. The molecule has 0 fully saturated rings. The van der Waals surface area contributed by atoms with Crippen molar-refractivity contribution in [1.82, 2.24) is 10.4 Å². The number of carbonyl (C=O) groups is 1. The van der Waals surface area contributed by atoms with Crippen LogP contribution >= 0.6 is 23.1 Å². The summed E-state index contributed by atoms with van der Waals surface area (Å²) in [6.45, 7) is 0. The molecule has 0 aliphatic rings. The highest BCUT2D eigenvalue weighted by atomic mass is 32.2. The van der Waals surface area contributed by atoms with Gasteiger partial charge in [-0.2, -0.15) is 5.10 Å². The Labute approximate surface area is 175 Å². The van der Waals surface area contributed by atoms with Crippen LogP contribution in [0.4, 0.5) is 4.39 Å². The Morgan fingerprint density at radius 1 is 1.07 bits per heavy atom. The van der Waals surface area contributed by atoms with Crippen LogP contribution in [0.3, 0.4) is 0 Å². The Bertz CT molecular complexity index is 1120. The molecule has 1 N–H and O–H groups in total. The lowest BCUT2D eigenvalue weighted by Crippen LogP contribution is -2.17. The van der Waals surface area contributed by atoms with E-state index in [9.17, 15) is 9.18 Å². The van der Waals surface area contributed by atoms with Crippen LogP contribution < -0.4 is 5.43 Å². The van der Waals surface area contributed by atoms with Crippen LogP contribution in [0.5, 0.6) is 0 Å². The zero-order valence-electron chi connectivity index (χ0n) is 15.2. The van der Waals surface area contributed by atoms with Crippen LogP contribution in [0.25, 0.3) is 10.2 Å². The molecular formula is C22H16FN3OS2. The number of amides is 1. The Kier molecular flexibility index (Phi) is 5.97. The number of aromatic nitrogens is 1. The Hall–Kier alpha value is -3.03. The number of nitrogens with zero attached hydrogens (tertiary/aromatic N) is 2. The molecule has 0 aliphatic carbocycles. The second-order valence-corrected chi connectivity index (χ2v) is 8.44. The van der Waals surface area contributed by atoms with E-state index in [1.165, 1.54) is 23.0 Å². The maximum absolute atomic E-state index is 12.9. The smallest absolute Gasteiger partial charge is 0.267 e. The Balaban J connectivity index is 1.32. The van der Waals surface area contributed by atoms with E-state index < -0.39 is 0 Å². The van der Waals surface area contributed by atoms with Crippen molar-refractivity contribution in [2.75, 3.05) is 0 Å². The molecule has 0 unspecified atom stereocenters. The van der Waals surface area contributed by atoms with E-state index in [0.717, 1.165) is 21.2 Å². The van der Waals surface area contributed by atoms with Crippen LogP contribution in [-0.4, -0.2) is 17.1 Å². The van der Waals surface area contributed by atoms with Gasteiger partial charge in [-0.1, -0.05) is 48.2 Å². The molecule has 1 heterocycles. The third-order valence-corrected chi connectivity index (χ3v) is 6.35. The first-order chi connectivity index (χ1) is 14.2. The van der Waals surface area contributed by atoms with Crippen molar-refractivity contribution < 1.29 is 9.18 Å². The maximum atomic E-state index is 12.9. The highest BCUT2D eigenvalue weighted by Gasteiger charge is 2.06. The van der Waals surface area contributed by atoms with Crippen molar-refractivity contribution in [3.8, 4) is 0 Å². The summed E-state index contributed by atoms with van der Waals surface area (Å²) >= 11 is 3.37. The Morgan fingerprint density at radius 3 is 2.59 bits per heavy atom. The molecule has 0 bridgehead atoms. The average Bonchev–Trinajstić information content (AvgIpc) is 3.17. The minimum absolute atomic E-state index is 0.297. The quantitative estimate of drug-likeness (QED) is 0.254. The van der Waals surface area contributed by atoms with Crippen molar-refractivity contribution in [1.29, 1.82) is 0 Å². The van der Waals surface area contributed by atoms with Crippen molar-refractivity contribution in [2.45, 2.75) is 10.1 Å². The first kappa shape index (κ1) is 19.3. The molecule has 0 aliphatic heterocycles. The number of hydrogen-bond acceptors (Lipinski definition) is 5. The van der Waals surface area contributed by atoms with E-state index in [1.807, 2.05) is 30.3 Å². The first-order valence-corrected chi connectivity index (χ1v) is 10.6. The van der Waals surface area contributed by atoms with Crippen molar-refractivity contribution in [3.63, 3.8) is 0 Å². The van der Waals surface area contributed by atoms with Crippen molar-refractivity contribution in [2.24, 2.45) is 5.10 Å². The van der Waals surface area contributed by atoms with Gasteiger partial charge in [-0.15, -0.1) is 11.3 Å².